The Hall–Kier alpha value is -2.08. The number of nitrogens with one attached hydrogen (secondary N) is 1. The zero-order valence-corrected chi connectivity index (χ0v) is 13.3. The van der Waals surface area contributed by atoms with Crippen molar-refractivity contribution in [2.24, 2.45) is 5.73 Å². The molecule has 0 spiro atoms. The summed E-state index contributed by atoms with van der Waals surface area (Å²) >= 11 is 0. The number of carbonyl (C=O) groups is 2. The van der Waals surface area contributed by atoms with E-state index in [9.17, 15) is 9.59 Å². The number of nitrogens with zero attached hydrogens (tertiary/aromatic N) is 2. The van der Waals surface area contributed by atoms with Gasteiger partial charge in [0.1, 0.15) is 0 Å². The van der Waals surface area contributed by atoms with Gasteiger partial charge >= 0.3 is 0 Å². The molecule has 2 aliphatic heterocycles. The SMILES string of the molecule is NC(=O)C1CCCN1C1CCN(C(=O)/C=C/c2ccc[nH]2)CC1. The second-order valence-corrected chi connectivity index (χ2v) is 6.31. The Kier molecular flexibility index (Phi) is 4.81. The molecule has 2 fully saturated rings. The third kappa shape index (κ3) is 3.64. The molecule has 0 radical (unpaired) electrons. The molecule has 0 bridgehead atoms. The van der Waals surface area contributed by atoms with E-state index in [1.807, 2.05) is 23.2 Å². The zero-order chi connectivity index (χ0) is 16.2. The number of amides is 2. The van der Waals surface area contributed by atoms with Crippen LogP contribution in [-0.4, -0.2) is 58.3 Å². The first-order chi connectivity index (χ1) is 11.1. The molecule has 1 atom stereocenters. The van der Waals surface area contributed by atoms with Crippen molar-refractivity contribution in [2.45, 2.75) is 37.8 Å². The number of piperidine rings is 1. The van der Waals surface area contributed by atoms with Crippen molar-refractivity contribution in [3.05, 3.63) is 30.1 Å². The number of aromatic amines is 1. The highest BCUT2D eigenvalue weighted by Gasteiger charge is 2.35. The Morgan fingerprint density at radius 2 is 2.00 bits per heavy atom. The molecule has 0 aromatic carbocycles. The number of likely N-dealkylation sites (tertiary alicyclic amines) is 2. The Morgan fingerprint density at radius 3 is 2.65 bits per heavy atom. The highest BCUT2D eigenvalue weighted by Crippen LogP contribution is 2.26. The smallest absolute Gasteiger partial charge is 0.246 e. The number of nitrogens with two attached hydrogens (primary N) is 1. The molecule has 2 aliphatic rings. The maximum absolute atomic E-state index is 12.2. The van der Waals surface area contributed by atoms with Crippen LogP contribution in [0.15, 0.2) is 24.4 Å². The lowest BCUT2D eigenvalue weighted by Crippen LogP contribution is -2.51. The molecule has 3 heterocycles. The van der Waals surface area contributed by atoms with Gasteiger partial charge in [-0.15, -0.1) is 0 Å². The fraction of sp³-hybridized carbons (Fsp3) is 0.529. The van der Waals surface area contributed by atoms with Gasteiger partial charge in [0.25, 0.3) is 0 Å². The number of aromatic nitrogens is 1. The number of carbonyl (C=O) groups excluding carboxylic acids is 2. The minimum Gasteiger partial charge on any atom is -0.368 e. The summed E-state index contributed by atoms with van der Waals surface area (Å²) in [5, 5.41) is 0. The third-order valence-corrected chi connectivity index (χ3v) is 4.90. The van der Waals surface area contributed by atoms with Crippen molar-refractivity contribution in [3.8, 4) is 0 Å². The molecule has 23 heavy (non-hydrogen) atoms. The molecule has 2 saturated heterocycles. The van der Waals surface area contributed by atoms with E-state index in [1.165, 1.54) is 0 Å². The van der Waals surface area contributed by atoms with Crippen molar-refractivity contribution in [1.82, 2.24) is 14.8 Å². The van der Waals surface area contributed by atoms with Gasteiger partial charge in [-0.3, -0.25) is 14.5 Å². The van der Waals surface area contributed by atoms with Gasteiger partial charge in [0.2, 0.25) is 11.8 Å². The summed E-state index contributed by atoms with van der Waals surface area (Å²) in [6.07, 6.45) is 8.98. The normalized spacial score (nSPS) is 23.7. The molecule has 0 aliphatic carbocycles. The van der Waals surface area contributed by atoms with Gasteiger partial charge in [-0.25, -0.2) is 0 Å². The van der Waals surface area contributed by atoms with Gasteiger partial charge in [0.05, 0.1) is 6.04 Å². The van der Waals surface area contributed by atoms with Gasteiger partial charge in [0.15, 0.2) is 0 Å². The number of hydrogen-bond donors (Lipinski definition) is 2. The fourth-order valence-electron chi connectivity index (χ4n) is 3.66. The largest absolute Gasteiger partial charge is 0.368 e. The van der Waals surface area contributed by atoms with Gasteiger partial charge in [-0.05, 0) is 50.4 Å². The predicted molar refractivity (Wildman–Crippen MR) is 88.4 cm³/mol. The fourth-order valence-corrected chi connectivity index (χ4v) is 3.66. The summed E-state index contributed by atoms with van der Waals surface area (Å²) in [5.74, 6) is -0.166. The van der Waals surface area contributed by atoms with E-state index in [1.54, 1.807) is 12.2 Å². The highest BCUT2D eigenvalue weighted by molar-refractivity contribution is 5.91. The molecule has 1 aromatic heterocycles. The van der Waals surface area contributed by atoms with Crippen molar-refractivity contribution in [2.75, 3.05) is 19.6 Å². The first-order valence-corrected chi connectivity index (χ1v) is 8.30. The third-order valence-electron chi connectivity index (χ3n) is 4.90. The van der Waals surface area contributed by atoms with Crippen LogP contribution in [0.3, 0.4) is 0 Å². The molecule has 124 valence electrons. The summed E-state index contributed by atoms with van der Waals surface area (Å²) in [4.78, 5) is 30.9. The molecule has 1 unspecified atom stereocenters. The van der Waals surface area contributed by atoms with Crippen LogP contribution in [0.2, 0.25) is 0 Å². The standard InChI is InChI=1S/C17H24N4O2/c18-17(23)15-4-2-10-21(15)14-7-11-20(12-8-14)16(22)6-5-13-3-1-9-19-13/h1,3,5-6,9,14-15,19H,2,4,7-8,10-12H2,(H2,18,23)/b6-5+. The Balaban J connectivity index is 1.52. The first kappa shape index (κ1) is 15.8. The van der Waals surface area contributed by atoms with Crippen molar-refractivity contribution < 1.29 is 9.59 Å². The van der Waals surface area contributed by atoms with Crippen LogP contribution in [0.5, 0.6) is 0 Å². The summed E-state index contributed by atoms with van der Waals surface area (Å²) in [7, 11) is 0. The highest BCUT2D eigenvalue weighted by atomic mass is 16.2. The van der Waals surface area contributed by atoms with Crippen molar-refractivity contribution >= 4 is 17.9 Å². The van der Waals surface area contributed by atoms with E-state index in [4.69, 9.17) is 5.73 Å². The molecular weight excluding hydrogens is 292 g/mol. The van der Waals surface area contributed by atoms with E-state index in [2.05, 4.69) is 9.88 Å². The van der Waals surface area contributed by atoms with Crippen molar-refractivity contribution in [3.63, 3.8) is 0 Å². The molecule has 3 N–H and O–H groups in total. The van der Waals surface area contributed by atoms with E-state index >= 15 is 0 Å². The Morgan fingerprint density at radius 1 is 1.22 bits per heavy atom. The maximum Gasteiger partial charge on any atom is 0.246 e. The van der Waals surface area contributed by atoms with Gasteiger partial charge < -0.3 is 15.6 Å². The van der Waals surface area contributed by atoms with Crippen LogP contribution >= 0.6 is 0 Å². The molecule has 2 amide bonds. The van der Waals surface area contributed by atoms with Crippen LogP contribution < -0.4 is 5.73 Å². The molecule has 0 saturated carbocycles. The Labute approximate surface area is 136 Å². The molecule has 6 heteroatoms. The molecule has 1 aromatic rings. The maximum atomic E-state index is 12.2. The van der Waals surface area contributed by atoms with E-state index in [0.29, 0.717) is 6.04 Å². The summed E-state index contributed by atoms with van der Waals surface area (Å²) in [6.45, 7) is 2.42. The zero-order valence-electron chi connectivity index (χ0n) is 13.3. The van der Waals surface area contributed by atoms with E-state index in [0.717, 1.165) is 51.0 Å². The lowest BCUT2D eigenvalue weighted by Gasteiger charge is -2.38. The van der Waals surface area contributed by atoms with Crippen LogP contribution in [-0.2, 0) is 9.59 Å². The van der Waals surface area contributed by atoms with E-state index < -0.39 is 0 Å². The average molecular weight is 316 g/mol. The predicted octanol–water partition coefficient (Wildman–Crippen LogP) is 0.969. The quantitative estimate of drug-likeness (QED) is 0.812. The van der Waals surface area contributed by atoms with Crippen molar-refractivity contribution in [1.29, 1.82) is 0 Å². The minimum absolute atomic E-state index is 0.0472. The molecule has 6 nitrogen and oxygen atoms in total. The second-order valence-electron chi connectivity index (χ2n) is 6.31. The number of H-pyrrole nitrogens is 1. The monoisotopic (exact) mass is 316 g/mol. The molecule has 3 rings (SSSR count). The van der Waals surface area contributed by atoms with Gasteiger partial charge in [-0.2, -0.15) is 0 Å². The number of rotatable bonds is 4. The minimum atomic E-state index is -0.213. The second kappa shape index (κ2) is 7.00. The van der Waals surface area contributed by atoms with E-state index in [-0.39, 0.29) is 17.9 Å². The van der Waals surface area contributed by atoms with Crippen LogP contribution in [0.1, 0.15) is 31.4 Å². The lowest BCUT2D eigenvalue weighted by molar-refractivity contribution is -0.129. The number of primary amides is 1. The van der Waals surface area contributed by atoms with Crippen LogP contribution in [0, 0.1) is 0 Å². The lowest BCUT2D eigenvalue weighted by atomic mass is 10.0. The number of hydrogen-bond acceptors (Lipinski definition) is 3. The van der Waals surface area contributed by atoms with Gasteiger partial charge in [-0.1, -0.05) is 0 Å². The van der Waals surface area contributed by atoms with Crippen LogP contribution in [0.25, 0.3) is 6.08 Å². The molecular formula is C17H24N4O2. The Bertz CT molecular complexity index is 573. The van der Waals surface area contributed by atoms with Crippen LogP contribution in [0.4, 0.5) is 0 Å². The topological polar surface area (TPSA) is 82.4 Å². The summed E-state index contributed by atoms with van der Waals surface area (Å²) < 4.78 is 0. The first-order valence-electron chi connectivity index (χ1n) is 8.30. The summed E-state index contributed by atoms with van der Waals surface area (Å²) in [5.41, 5.74) is 6.42. The summed E-state index contributed by atoms with van der Waals surface area (Å²) in [6, 6.07) is 4.08. The average Bonchev–Trinajstić information content (AvgIpc) is 3.24. The van der Waals surface area contributed by atoms with Gasteiger partial charge in [0, 0.05) is 37.1 Å².